The number of non-ortho nitro benzene ring substituents is 1. The van der Waals surface area contributed by atoms with E-state index in [-0.39, 0.29) is 11.7 Å². The first-order valence-electron chi connectivity index (χ1n) is 6.16. The van der Waals surface area contributed by atoms with E-state index in [1.807, 2.05) is 13.0 Å². The molecule has 1 aromatic heterocycles. The van der Waals surface area contributed by atoms with Crippen molar-refractivity contribution in [2.24, 2.45) is 5.73 Å². The van der Waals surface area contributed by atoms with Crippen molar-refractivity contribution in [3.05, 3.63) is 40.6 Å². The lowest BCUT2D eigenvalue weighted by molar-refractivity contribution is -0.383. The Balaban J connectivity index is 2.52. The van der Waals surface area contributed by atoms with E-state index in [0.717, 1.165) is 17.5 Å². The number of hydrogen-bond acceptors (Lipinski definition) is 5. The van der Waals surface area contributed by atoms with Gasteiger partial charge in [-0.1, -0.05) is 6.92 Å². The van der Waals surface area contributed by atoms with Gasteiger partial charge in [-0.15, -0.1) is 0 Å². The van der Waals surface area contributed by atoms with Gasteiger partial charge < -0.3 is 11.1 Å². The topological polar surface area (TPSA) is 94.1 Å². The van der Waals surface area contributed by atoms with E-state index in [9.17, 15) is 10.1 Å². The van der Waals surface area contributed by atoms with Crippen LogP contribution in [0.25, 0.3) is 10.9 Å². The van der Waals surface area contributed by atoms with Crippen LogP contribution in [0.1, 0.15) is 13.3 Å². The Morgan fingerprint density at radius 2 is 2.26 bits per heavy atom. The Labute approximate surface area is 110 Å². The van der Waals surface area contributed by atoms with Gasteiger partial charge in [-0.2, -0.15) is 0 Å². The van der Waals surface area contributed by atoms with Crippen LogP contribution >= 0.6 is 0 Å². The number of benzene rings is 1. The Morgan fingerprint density at radius 3 is 2.89 bits per heavy atom. The lowest BCUT2D eigenvalue weighted by atomic mass is 10.1. The minimum absolute atomic E-state index is 0.0157. The molecule has 0 saturated carbocycles. The molecule has 6 heteroatoms. The Hall–Kier alpha value is -2.21. The predicted molar refractivity (Wildman–Crippen MR) is 75.2 cm³/mol. The number of fused-ring (bicyclic) bond motifs is 1. The molecular formula is C13H16N4O2. The van der Waals surface area contributed by atoms with Crippen molar-refractivity contribution >= 4 is 22.3 Å². The van der Waals surface area contributed by atoms with Crippen molar-refractivity contribution in [3.63, 3.8) is 0 Å². The largest absolute Gasteiger partial charge is 0.380 e. The number of nitrogens with one attached hydrogen (secondary N) is 1. The number of pyridine rings is 1. The molecule has 1 unspecified atom stereocenters. The van der Waals surface area contributed by atoms with E-state index >= 15 is 0 Å². The van der Waals surface area contributed by atoms with Crippen LogP contribution in [0.4, 0.5) is 11.4 Å². The van der Waals surface area contributed by atoms with Crippen molar-refractivity contribution in [1.82, 2.24) is 4.98 Å². The van der Waals surface area contributed by atoms with E-state index in [2.05, 4.69) is 10.3 Å². The van der Waals surface area contributed by atoms with Gasteiger partial charge >= 0.3 is 0 Å². The van der Waals surface area contributed by atoms with E-state index < -0.39 is 4.92 Å². The van der Waals surface area contributed by atoms with Gasteiger partial charge in [0, 0.05) is 35.9 Å². The van der Waals surface area contributed by atoms with Crippen LogP contribution in [0.5, 0.6) is 0 Å². The SMILES string of the molecule is CCC(CN)Nc1ccc([N+](=O)[O-])c2ncccc12. The fourth-order valence-electron chi connectivity index (χ4n) is 1.98. The molecule has 0 fully saturated rings. The lowest BCUT2D eigenvalue weighted by Crippen LogP contribution is -2.27. The average Bonchev–Trinajstić information content (AvgIpc) is 2.44. The maximum absolute atomic E-state index is 11.0. The number of nitrogens with two attached hydrogens (primary N) is 1. The van der Waals surface area contributed by atoms with Gasteiger partial charge in [0.1, 0.15) is 5.52 Å². The number of nitro groups is 1. The molecule has 1 atom stereocenters. The second kappa shape index (κ2) is 5.62. The molecule has 0 aliphatic carbocycles. The zero-order valence-electron chi connectivity index (χ0n) is 10.7. The highest BCUT2D eigenvalue weighted by atomic mass is 16.6. The number of nitrogens with zero attached hydrogens (tertiary/aromatic N) is 2. The summed E-state index contributed by atoms with van der Waals surface area (Å²) < 4.78 is 0. The maximum atomic E-state index is 11.0. The van der Waals surface area contributed by atoms with Crippen molar-refractivity contribution < 1.29 is 4.92 Å². The summed E-state index contributed by atoms with van der Waals surface area (Å²) >= 11 is 0. The third-order valence-corrected chi connectivity index (χ3v) is 3.08. The summed E-state index contributed by atoms with van der Waals surface area (Å²) in [7, 11) is 0. The van der Waals surface area contributed by atoms with E-state index in [4.69, 9.17) is 5.73 Å². The monoisotopic (exact) mass is 260 g/mol. The zero-order chi connectivity index (χ0) is 13.8. The van der Waals surface area contributed by atoms with Gasteiger partial charge in [0.05, 0.1) is 4.92 Å². The predicted octanol–water partition coefficient (Wildman–Crippen LogP) is 2.29. The summed E-state index contributed by atoms with van der Waals surface area (Å²) in [5, 5.41) is 15.0. The summed E-state index contributed by atoms with van der Waals surface area (Å²) in [5.41, 5.74) is 6.90. The van der Waals surface area contributed by atoms with Gasteiger partial charge in [0.2, 0.25) is 0 Å². The van der Waals surface area contributed by atoms with Crippen LogP contribution < -0.4 is 11.1 Å². The Morgan fingerprint density at radius 1 is 1.47 bits per heavy atom. The van der Waals surface area contributed by atoms with Gasteiger partial charge in [-0.3, -0.25) is 10.1 Å². The fourth-order valence-corrected chi connectivity index (χ4v) is 1.98. The molecule has 1 aromatic carbocycles. The number of hydrogen-bond donors (Lipinski definition) is 2. The fraction of sp³-hybridized carbons (Fsp3) is 0.308. The molecule has 0 amide bonds. The van der Waals surface area contributed by atoms with E-state index in [1.54, 1.807) is 18.3 Å². The summed E-state index contributed by atoms with van der Waals surface area (Å²) in [4.78, 5) is 14.7. The molecule has 0 bridgehead atoms. The molecule has 2 aromatic rings. The average molecular weight is 260 g/mol. The van der Waals surface area contributed by atoms with Crippen LogP contribution in [0, 0.1) is 10.1 Å². The first-order valence-corrected chi connectivity index (χ1v) is 6.16. The van der Waals surface area contributed by atoms with Crippen LogP contribution in [-0.4, -0.2) is 22.5 Å². The number of nitro benzene ring substituents is 1. The van der Waals surface area contributed by atoms with E-state index in [1.165, 1.54) is 6.07 Å². The highest BCUT2D eigenvalue weighted by Crippen LogP contribution is 2.30. The third-order valence-electron chi connectivity index (χ3n) is 3.08. The van der Waals surface area contributed by atoms with Crippen LogP contribution in [0.3, 0.4) is 0 Å². The van der Waals surface area contributed by atoms with Crippen LogP contribution in [-0.2, 0) is 0 Å². The molecule has 2 rings (SSSR count). The quantitative estimate of drug-likeness (QED) is 0.635. The zero-order valence-corrected chi connectivity index (χ0v) is 10.7. The van der Waals surface area contributed by atoms with Gasteiger partial charge in [0.15, 0.2) is 0 Å². The van der Waals surface area contributed by atoms with Crippen molar-refractivity contribution in [2.45, 2.75) is 19.4 Å². The molecule has 0 aliphatic rings. The molecule has 0 spiro atoms. The van der Waals surface area contributed by atoms with Crippen molar-refractivity contribution in [3.8, 4) is 0 Å². The summed E-state index contributed by atoms with van der Waals surface area (Å²) in [6, 6.07) is 6.91. The first kappa shape index (κ1) is 13.2. The first-order chi connectivity index (χ1) is 9.17. The van der Waals surface area contributed by atoms with Crippen molar-refractivity contribution in [2.75, 3.05) is 11.9 Å². The summed E-state index contributed by atoms with van der Waals surface area (Å²) in [6.07, 6.45) is 2.44. The standard InChI is InChI=1S/C13H16N4O2/c1-2-9(8-14)16-11-5-6-12(17(18)19)13-10(11)4-3-7-15-13/h3-7,9,16H,2,8,14H2,1H3. The maximum Gasteiger partial charge on any atom is 0.295 e. The van der Waals surface area contributed by atoms with Crippen LogP contribution in [0.2, 0.25) is 0 Å². The summed E-state index contributed by atoms with van der Waals surface area (Å²) in [5.74, 6) is 0. The minimum Gasteiger partial charge on any atom is -0.380 e. The Kier molecular flexibility index (Phi) is 3.91. The molecule has 0 radical (unpaired) electrons. The Bertz CT molecular complexity index is 596. The molecule has 100 valence electrons. The van der Waals surface area contributed by atoms with E-state index in [0.29, 0.717) is 12.1 Å². The molecule has 1 heterocycles. The summed E-state index contributed by atoms with van der Waals surface area (Å²) in [6.45, 7) is 2.55. The van der Waals surface area contributed by atoms with Gasteiger partial charge in [0.25, 0.3) is 5.69 Å². The molecule has 0 saturated heterocycles. The highest BCUT2D eigenvalue weighted by Gasteiger charge is 2.16. The molecule has 3 N–H and O–H groups in total. The van der Waals surface area contributed by atoms with Crippen molar-refractivity contribution in [1.29, 1.82) is 0 Å². The second-order valence-corrected chi connectivity index (χ2v) is 4.27. The molecule has 19 heavy (non-hydrogen) atoms. The second-order valence-electron chi connectivity index (χ2n) is 4.27. The highest BCUT2D eigenvalue weighted by molar-refractivity contribution is 5.96. The molecule has 0 aliphatic heterocycles. The normalized spacial score (nSPS) is 12.3. The van der Waals surface area contributed by atoms with Gasteiger partial charge in [-0.05, 0) is 24.6 Å². The number of rotatable bonds is 5. The van der Waals surface area contributed by atoms with Crippen LogP contribution in [0.15, 0.2) is 30.5 Å². The lowest BCUT2D eigenvalue weighted by Gasteiger charge is -2.17. The number of aromatic nitrogens is 1. The third kappa shape index (κ3) is 2.63. The minimum atomic E-state index is -0.417. The van der Waals surface area contributed by atoms with Gasteiger partial charge in [-0.25, -0.2) is 4.98 Å². The number of anilines is 1. The molecule has 6 nitrogen and oxygen atoms in total. The smallest absolute Gasteiger partial charge is 0.295 e. The molecular weight excluding hydrogens is 244 g/mol.